The normalized spacial score (nSPS) is 13.2. The van der Waals surface area contributed by atoms with E-state index in [0.29, 0.717) is 27.5 Å². The molecule has 1 aromatic carbocycles. The minimum absolute atomic E-state index is 0.183. The van der Waals surface area contributed by atoms with Gasteiger partial charge in [-0.3, -0.25) is 14.5 Å². The van der Waals surface area contributed by atoms with Crippen LogP contribution in [0.1, 0.15) is 47.0 Å². The molecular formula is C26H31Cl2N5O4. The molecule has 0 aliphatic rings. The Kier molecular flexibility index (Phi) is 9.15. The van der Waals surface area contributed by atoms with E-state index in [-0.39, 0.29) is 18.8 Å². The number of nitrogens with zero attached hydrogens (tertiary/aromatic N) is 4. The summed E-state index contributed by atoms with van der Waals surface area (Å²) in [6.45, 7) is 7.81. The Bertz CT molecular complexity index is 1270. The number of Topliss-reactive ketones (excluding diaryl/α,β-unsaturated/α-hetero) is 1. The Hall–Kier alpha value is -3.17. The minimum atomic E-state index is -1.29. The number of amides is 2. The van der Waals surface area contributed by atoms with Gasteiger partial charge in [0.05, 0.1) is 33.4 Å². The van der Waals surface area contributed by atoms with E-state index >= 15 is 0 Å². The van der Waals surface area contributed by atoms with Crippen molar-refractivity contribution in [1.82, 2.24) is 19.4 Å². The summed E-state index contributed by atoms with van der Waals surface area (Å²) >= 11 is 12.4. The Morgan fingerprint density at radius 2 is 1.84 bits per heavy atom. The zero-order valence-electron chi connectivity index (χ0n) is 21.2. The summed E-state index contributed by atoms with van der Waals surface area (Å²) in [7, 11) is 0. The van der Waals surface area contributed by atoms with Crippen LogP contribution in [0.15, 0.2) is 42.9 Å². The monoisotopic (exact) mass is 547 g/mol. The van der Waals surface area contributed by atoms with Gasteiger partial charge in [0.15, 0.2) is 0 Å². The summed E-state index contributed by atoms with van der Waals surface area (Å²) in [6.07, 6.45) is 3.29. The van der Waals surface area contributed by atoms with Crippen molar-refractivity contribution in [3.8, 4) is 0 Å². The number of aromatic nitrogens is 3. The van der Waals surface area contributed by atoms with E-state index in [4.69, 9.17) is 23.2 Å². The van der Waals surface area contributed by atoms with Gasteiger partial charge in [-0.25, -0.2) is 14.8 Å². The van der Waals surface area contributed by atoms with Gasteiger partial charge in [0, 0.05) is 12.7 Å². The van der Waals surface area contributed by atoms with Crippen LogP contribution < -0.4 is 5.32 Å². The molecule has 2 aromatic heterocycles. The van der Waals surface area contributed by atoms with Gasteiger partial charge < -0.3 is 15.0 Å². The highest BCUT2D eigenvalue weighted by Gasteiger charge is 2.42. The van der Waals surface area contributed by atoms with Crippen molar-refractivity contribution in [2.24, 2.45) is 5.41 Å². The zero-order valence-corrected chi connectivity index (χ0v) is 22.8. The van der Waals surface area contributed by atoms with Crippen LogP contribution in [0.5, 0.6) is 0 Å². The predicted octanol–water partition coefficient (Wildman–Crippen LogP) is 5.90. The molecule has 0 unspecified atom stereocenters. The highest BCUT2D eigenvalue weighted by Crippen LogP contribution is 2.32. The maximum Gasteiger partial charge on any atom is 0.408 e. The number of ketones is 1. The van der Waals surface area contributed by atoms with E-state index in [9.17, 15) is 19.5 Å². The molecule has 0 saturated carbocycles. The van der Waals surface area contributed by atoms with E-state index in [0.717, 1.165) is 11.3 Å². The van der Waals surface area contributed by atoms with Gasteiger partial charge in [0.2, 0.25) is 5.78 Å². The van der Waals surface area contributed by atoms with Crippen molar-refractivity contribution in [1.29, 1.82) is 0 Å². The summed E-state index contributed by atoms with van der Waals surface area (Å²) in [5, 5.41) is 13.6. The van der Waals surface area contributed by atoms with Crippen LogP contribution in [-0.2, 0) is 16.1 Å². The smallest absolute Gasteiger partial charge is 0.408 e. The van der Waals surface area contributed by atoms with Crippen LogP contribution in [0.25, 0.3) is 11.0 Å². The van der Waals surface area contributed by atoms with Crippen molar-refractivity contribution in [3.05, 3.63) is 52.9 Å². The predicted molar refractivity (Wildman–Crippen MR) is 144 cm³/mol. The fourth-order valence-electron chi connectivity index (χ4n) is 4.21. The molecule has 3 rings (SSSR count). The first-order chi connectivity index (χ1) is 17.4. The molecule has 0 saturated heterocycles. The summed E-state index contributed by atoms with van der Waals surface area (Å²) < 4.78 is 1.79. The molecule has 0 aliphatic carbocycles. The molecule has 0 bridgehead atoms. The molecule has 9 nitrogen and oxygen atoms in total. The second-order valence-corrected chi connectivity index (χ2v) is 10.7. The Labute approximate surface area is 225 Å². The van der Waals surface area contributed by atoms with Gasteiger partial charge in [0.25, 0.3) is 5.91 Å². The van der Waals surface area contributed by atoms with Crippen LogP contribution in [0.2, 0.25) is 10.0 Å². The van der Waals surface area contributed by atoms with Gasteiger partial charge >= 0.3 is 6.09 Å². The lowest BCUT2D eigenvalue weighted by Crippen LogP contribution is -2.57. The number of imidazole rings is 1. The molecule has 2 atom stereocenters. The zero-order chi connectivity index (χ0) is 27.3. The lowest BCUT2D eigenvalue weighted by molar-refractivity contribution is -0.139. The first-order valence-corrected chi connectivity index (χ1v) is 12.8. The lowest BCUT2D eigenvalue weighted by Gasteiger charge is -2.42. The highest BCUT2D eigenvalue weighted by atomic mass is 35.5. The molecular weight excluding hydrogens is 517 g/mol. The van der Waals surface area contributed by atoms with E-state index in [1.165, 1.54) is 6.20 Å². The highest BCUT2D eigenvalue weighted by molar-refractivity contribution is 6.43. The average Bonchev–Trinajstić information content (AvgIpc) is 3.21. The van der Waals surface area contributed by atoms with Gasteiger partial charge in [-0.1, -0.05) is 69.8 Å². The molecule has 0 aliphatic heterocycles. The van der Waals surface area contributed by atoms with Gasteiger partial charge in [-0.15, -0.1) is 0 Å². The van der Waals surface area contributed by atoms with Crippen LogP contribution >= 0.6 is 23.2 Å². The summed E-state index contributed by atoms with van der Waals surface area (Å²) in [5.41, 5.74) is 0.684. The quantitative estimate of drug-likeness (QED) is 0.305. The number of benzene rings is 1. The van der Waals surface area contributed by atoms with Gasteiger partial charge in [-0.05, 0) is 36.1 Å². The third-order valence-corrected chi connectivity index (χ3v) is 6.91. The van der Waals surface area contributed by atoms with Crippen molar-refractivity contribution >= 4 is 57.8 Å². The van der Waals surface area contributed by atoms with Crippen molar-refractivity contribution in [2.45, 2.75) is 65.6 Å². The van der Waals surface area contributed by atoms with Crippen LogP contribution in [-0.4, -0.2) is 54.4 Å². The fraction of sp³-hybridized carbons (Fsp3) is 0.423. The number of rotatable bonds is 10. The van der Waals surface area contributed by atoms with Crippen LogP contribution in [0, 0.1) is 5.41 Å². The number of nitrogens with one attached hydrogen (secondary N) is 1. The van der Waals surface area contributed by atoms with E-state index in [1.807, 2.05) is 27.7 Å². The molecule has 3 aromatic rings. The Morgan fingerprint density at radius 3 is 2.43 bits per heavy atom. The molecule has 37 heavy (non-hydrogen) atoms. The number of halogens is 2. The summed E-state index contributed by atoms with van der Waals surface area (Å²) in [5.74, 6) is -1.53. The molecule has 2 heterocycles. The largest absolute Gasteiger partial charge is 0.465 e. The number of fused-ring (bicyclic) bond motifs is 1. The molecule has 2 amide bonds. The van der Waals surface area contributed by atoms with E-state index in [1.54, 1.807) is 41.2 Å². The number of carbonyl (C=O) groups is 3. The SMILES string of the molecule is CCCC[C@@H](C(=O)C(=O)Nc1ccccn1)N(C(=O)O)[C@H](Cn1cnc2cc(Cl)c(Cl)cc21)C(C)(C)C. The standard InChI is InChI=1S/C26H31Cl2N5O4/c1-5-6-9-19(23(34)24(35)31-22-10-7-8-11-29-22)33(25(36)37)21(26(2,3)4)14-32-15-30-18-12-16(27)17(28)13-20(18)32/h7-8,10-13,15,19,21H,5-6,9,14H2,1-4H3,(H,36,37)(H,29,31,35)/t19-,21+/m0/s1. The molecule has 11 heteroatoms. The molecule has 198 valence electrons. The number of pyridine rings is 1. The first-order valence-electron chi connectivity index (χ1n) is 12.0. The van der Waals surface area contributed by atoms with E-state index in [2.05, 4.69) is 15.3 Å². The van der Waals surface area contributed by atoms with Crippen molar-refractivity contribution in [2.75, 3.05) is 5.32 Å². The topological polar surface area (TPSA) is 117 Å². The number of hydrogen-bond donors (Lipinski definition) is 2. The second kappa shape index (κ2) is 11.9. The number of anilines is 1. The average molecular weight is 548 g/mol. The Morgan fingerprint density at radius 1 is 1.14 bits per heavy atom. The summed E-state index contributed by atoms with van der Waals surface area (Å²) in [4.78, 5) is 48.6. The number of unbranched alkanes of at least 4 members (excludes halogenated alkanes) is 1. The molecule has 2 N–H and O–H groups in total. The van der Waals surface area contributed by atoms with Crippen molar-refractivity contribution in [3.63, 3.8) is 0 Å². The maximum absolute atomic E-state index is 13.4. The van der Waals surface area contributed by atoms with Gasteiger partial charge in [-0.2, -0.15) is 0 Å². The van der Waals surface area contributed by atoms with Gasteiger partial charge in [0.1, 0.15) is 11.9 Å². The number of carbonyl (C=O) groups excluding carboxylic acids is 2. The minimum Gasteiger partial charge on any atom is -0.465 e. The van der Waals surface area contributed by atoms with E-state index < -0.39 is 35.3 Å². The molecule has 0 radical (unpaired) electrons. The summed E-state index contributed by atoms with van der Waals surface area (Å²) in [6, 6.07) is 6.37. The third-order valence-electron chi connectivity index (χ3n) is 6.19. The molecule has 0 fully saturated rings. The first kappa shape index (κ1) is 28.4. The fourth-order valence-corrected chi connectivity index (χ4v) is 4.52. The second-order valence-electron chi connectivity index (χ2n) is 9.92. The third kappa shape index (κ3) is 6.78. The van der Waals surface area contributed by atoms with Crippen LogP contribution in [0.3, 0.4) is 0 Å². The number of hydrogen-bond acceptors (Lipinski definition) is 5. The number of carboxylic acid groups (broad SMARTS) is 1. The maximum atomic E-state index is 13.4. The molecule has 0 spiro atoms. The Balaban J connectivity index is 2.01. The van der Waals surface area contributed by atoms with Crippen LogP contribution in [0.4, 0.5) is 10.6 Å². The van der Waals surface area contributed by atoms with Crippen molar-refractivity contribution < 1.29 is 19.5 Å². The lowest BCUT2D eigenvalue weighted by atomic mass is 9.84.